The standard InChI is InChI=1S/C23H22F5N5OS/c1-11-9-32(10-12(2)30-11)21-14-7-15(23(26,27)28)17(18-16(25)6-13(24)8-29-18)20-19(14)33(22(34)31-21)4-3-5-35-20/h6-8,11-12,30H,3-5,9-10H2,1-2H3. The minimum absolute atomic E-state index is 0.0291. The van der Waals surface area contributed by atoms with E-state index in [0.717, 1.165) is 17.8 Å². The molecule has 0 saturated carbocycles. The van der Waals surface area contributed by atoms with Gasteiger partial charge in [-0.15, -0.1) is 11.8 Å². The van der Waals surface area contributed by atoms with Crippen LogP contribution in [0.5, 0.6) is 0 Å². The van der Waals surface area contributed by atoms with Gasteiger partial charge in [-0.1, -0.05) is 0 Å². The summed E-state index contributed by atoms with van der Waals surface area (Å²) < 4.78 is 73.0. The molecule has 3 aromatic rings. The molecule has 2 aromatic heterocycles. The van der Waals surface area contributed by atoms with Crippen LogP contribution in [-0.2, 0) is 12.7 Å². The normalized spacial score (nSPS) is 20.8. The molecule has 12 heteroatoms. The van der Waals surface area contributed by atoms with Crippen LogP contribution in [0.3, 0.4) is 0 Å². The monoisotopic (exact) mass is 511 g/mol. The second-order valence-corrected chi connectivity index (χ2v) is 10.1. The zero-order valence-electron chi connectivity index (χ0n) is 18.9. The lowest BCUT2D eigenvalue weighted by Gasteiger charge is -2.37. The van der Waals surface area contributed by atoms with Crippen molar-refractivity contribution in [3.05, 3.63) is 46.0 Å². The fraction of sp³-hybridized carbons (Fsp3) is 0.435. The highest BCUT2D eigenvalue weighted by Crippen LogP contribution is 2.48. The van der Waals surface area contributed by atoms with Gasteiger partial charge in [-0.2, -0.15) is 18.2 Å². The lowest BCUT2D eigenvalue weighted by atomic mass is 9.98. The maximum Gasteiger partial charge on any atom is 0.417 e. The average Bonchev–Trinajstić information content (AvgIpc) is 2.99. The summed E-state index contributed by atoms with van der Waals surface area (Å²) in [5.74, 6) is -1.62. The minimum Gasteiger partial charge on any atom is -0.353 e. The number of piperazine rings is 1. The summed E-state index contributed by atoms with van der Waals surface area (Å²) in [5, 5.41) is 3.53. The van der Waals surface area contributed by atoms with E-state index in [4.69, 9.17) is 0 Å². The van der Waals surface area contributed by atoms with Crippen molar-refractivity contribution in [1.82, 2.24) is 19.9 Å². The van der Waals surface area contributed by atoms with Crippen molar-refractivity contribution in [1.29, 1.82) is 0 Å². The van der Waals surface area contributed by atoms with Crippen molar-refractivity contribution in [3.63, 3.8) is 0 Å². The Hall–Kier alpha value is -2.73. The largest absolute Gasteiger partial charge is 0.417 e. The van der Waals surface area contributed by atoms with E-state index >= 15 is 0 Å². The summed E-state index contributed by atoms with van der Waals surface area (Å²) in [4.78, 5) is 22.9. The molecule has 0 bridgehead atoms. The second-order valence-electron chi connectivity index (χ2n) is 8.95. The molecule has 5 rings (SSSR count). The van der Waals surface area contributed by atoms with Crippen LogP contribution in [0.1, 0.15) is 25.8 Å². The number of hydrogen-bond donors (Lipinski definition) is 1. The summed E-state index contributed by atoms with van der Waals surface area (Å²) in [7, 11) is 0. The van der Waals surface area contributed by atoms with Crippen LogP contribution >= 0.6 is 11.8 Å². The maximum atomic E-state index is 14.8. The number of thioether (sulfide) groups is 1. The fourth-order valence-corrected chi connectivity index (χ4v) is 6.12. The Morgan fingerprint density at radius 3 is 2.51 bits per heavy atom. The van der Waals surface area contributed by atoms with Crippen LogP contribution in [0.25, 0.3) is 22.2 Å². The van der Waals surface area contributed by atoms with Gasteiger partial charge in [0.1, 0.15) is 17.3 Å². The van der Waals surface area contributed by atoms with E-state index in [9.17, 15) is 26.7 Å². The van der Waals surface area contributed by atoms with Crippen molar-refractivity contribution in [2.75, 3.05) is 23.7 Å². The second kappa shape index (κ2) is 8.74. The van der Waals surface area contributed by atoms with Crippen LogP contribution < -0.4 is 15.9 Å². The fourth-order valence-electron chi connectivity index (χ4n) is 4.94. The van der Waals surface area contributed by atoms with Gasteiger partial charge in [0.2, 0.25) is 0 Å². The van der Waals surface area contributed by atoms with Crippen LogP contribution in [0.15, 0.2) is 28.0 Å². The molecule has 2 unspecified atom stereocenters. The Morgan fingerprint density at radius 1 is 1.14 bits per heavy atom. The molecular weight excluding hydrogens is 489 g/mol. The molecule has 2 aliphatic rings. The SMILES string of the molecule is CC1CN(c2nc(=O)n3c4c(c(-c5ncc(F)cc5F)c(C(F)(F)F)cc24)SCCC3)CC(C)N1. The molecule has 6 nitrogen and oxygen atoms in total. The first-order valence-corrected chi connectivity index (χ1v) is 12.2. The molecular formula is C23H22F5N5OS. The number of benzene rings is 1. The number of rotatable bonds is 2. The third-order valence-electron chi connectivity index (χ3n) is 6.18. The molecule has 1 N–H and O–H groups in total. The van der Waals surface area contributed by atoms with Crippen molar-refractivity contribution in [3.8, 4) is 11.3 Å². The molecule has 186 valence electrons. The Balaban J connectivity index is 1.90. The minimum atomic E-state index is -4.86. The van der Waals surface area contributed by atoms with Gasteiger partial charge in [-0.05, 0) is 32.1 Å². The summed E-state index contributed by atoms with van der Waals surface area (Å²) >= 11 is 1.11. The Morgan fingerprint density at radius 2 is 1.86 bits per heavy atom. The predicted octanol–water partition coefficient (Wildman–Crippen LogP) is 4.44. The number of anilines is 1. The molecule has 0 amide bonds. The Kier molecular flexibility index (Phi) is 5.99. The van der Waals surface area contributed by atoms with Crippen molar-refractivity contribution in [2.24, 2.45) is 0 Å². The smallest absolute Gasteiger partial charge is 0.353 e. The summed E-state index contributed by atoms with van der Waals surface area (Å²) in [6.07, 6.45) is -3.67. The molecule has 0 aliphatic carbocycles. The van der Waals surface area contributed by atoms with Gasteiger partial charge in [-0.3, -0.25) is 9.55 Å². The molecule has 0 spiro atoms. The van der Waals surface area contributed by atoms with E-state index < -0.39 is 40.3 Å². The van der Waals surface area contributed by atoms with E-state index in [1.54, 1.807) is 0 Å². The summed E-state index contributed by atoms with van der Waals surface area (Å²) in [6.45, 7) is 5.07. The number of halogens is 5. The van der Waals surface area contributed by atoms with Gasteiger partial charge < -0.3 is 10.2 Å². The van der Waals surface area contributed by atoms with Crippen LogP contribution in [0.2, 0.25) is 0 Å². The highest BCUT2D eigenvalue weighted by molar-refractivity contribution is 7.99. The van der Waals surface area contributed by atoms with Gasteiger partial charge in [0, 0.05) is 53.6 Å². The van der Waals surface area contributed by atoms with Crippen molar-refractivity contribution >= 4 is 28.5 Å². The highest BCUT2D eigenvalue weighted by Gasteiger charge is 2.39. The number of nitrogens with one attached hydrogen (secondary N) is 1. The zero-order valence-corrected chi connectivity index (χ0v) is 19.7. The van der Waals surface area contributed by atoms with E-state index in [1.807, 2.05) is 18.7 Å². The number of pyridine rings is 1. The average molecular weight is 512 g/mol. The van der Waals surface area contributed by atoms with Crippen LogP contribution in [-0.4, -0.2) is 45.5 Å². The van der Waals surface area contributed by atoms with Gasteiger partial charge in [0.25, 0.3) is 0 Å². The van der Waals surface area contributed by atoms with Crippen molar-refractivity contribution < 1.29 is 22.0 Å². The van der Waals surface area contributed by atoms with Gasteiger partial charge in [0.05, 0.1) is 17.3 Å². The number of alkyl halides is 3. The van der Waals surface area contributed by atoms with E-state index in [0.29, 0.717) is 37.5 Å². The van der Waals surface area contributed by atoms with E-state index in [2.05, 4.69) is 15.3 Å². The summed E-state index contributed by atoms with van der Waals surface area (Å²) in [5.41, 5.74) is -2.49. The quantitative estimate of drug-likeness (QED) is 0.514. The molecule has 2 atom stereocenters. The van der Waals surface area contributed by atoms with E-state index in [-0.39, 0.29) is 40.2 Å². The van der Waals surface area contributed by atoms with Crippen LogP contribution in [0.4, 0.5) is 27.8 Å². The number of nitrogens with zero attached hydrogens (tertiary/aromatic N) is 4. The van der Waals surface area contributed by atoms with Gasteiger partial charge in [-0.25, -0.2) is 13.6 Å². The Bertz CT molecular complexity index is 1370. The Labute approximate surface area is 201 Å². The first-order valence-electron chi connectivity index (χ1n) is 11.2. The number of aryl methyl sites for hydroxylation is 1. The van der Waals surface area contributed by atoms with Gasteiger partial charge >= 0.3 is 11.9 Å². The van der Waals surface area contributed by atoms with Crippen LogP contribution in [0, 0.1) is 11.6 Å². The third-order valence-corrected chi connectivity index (χ3v) is 7.36. The van der Waals surface area contributed by atoms with E-state index in [1.165, 1.54) is 4.57 Å². The topological polar surface area (TPSA) is 63.1 Å². The molecule has 1 aromatic carbocycles. The number of aromatic nitrogens is 3. The molecule has 1 saturated heterocycles. The zero-order chi connectivity index (χ0) is 25.1. The predicted molar refractivity (Wildman–Crippen MR) is 124 cm³/mol. The van der Waals surface area contributed by atoms with Gasteiger partial charge in [0.15, 0.2) is 5.82 Å². The number of hydrogen-bond acceptors (Lipinski definition) is 6. The lowest BCUT2D eigenvalue weighted by molar-refractivity contribution is -0.137. The van der Waals surface area contributed by atoms with Crippen molar-refractivity contribution in [2.45, 2.75) is 50.0 Å². The first kappa shape index (κ1) is 24.0. The lowest BCUT2D eigenvalue weighted by Crippen LogP contribution is -2.55. The molecule has 4 heterocycles. The molecule has 0 radical (unpaired) electrons. The molecule has 1 fully saturated rings. The third kappa shape index (κ3) is 4.26. The first-order chi connectivity index (χ1) is 16.5. The maximum absolute atomic E-state index is 14.8. The highest BCUT2D eigenvalue weighted by atomic mass is 32.2. The molecule has 35 heavy (non-hydrogen) atoms. The molecule has 2 aliphatic heterocycles. The summed E-state index contributed by atoms with van der Waals surface area (Å²) in [6, 6.07) is 1.50.